The first-order chi connectivity index (χ1) is 14.4. The van der Waals surface area contributed by atoms with Crippen molar-refractivity contribution < 1.29 is 23.0 Å². The lowest BCUT2D eigenvalue weighted by Gasteiger charge is -2.13. The Morgan fingerprint density at radius 3 is 2.50 bits per heavy atom. The topological polar surface area (TPSA) is 47.3 Å². The second-order valence-electron chi connectivity index (χ2n) is 6.87. The van der Waals surface area contributed by atoms with E-state index in [0.717, 1.165) is 34.2 Å². The molecule has 2 aromatic carbocycles. The molecule has 0 atom stereocenters. The van der Waals surface area contributed by atoms with E-state index in [-0.39, 0.29) is 13.2 Å². The predicted octanol–water partition coefficient (Wildman–Crippen LogP) is 5.27. The number of aromatic nitrogens is 2. The molecule has 0 bridgehead atoms. The van der Waals surface area contributed by atoms with Crippen LogP contribution in [0.4, 0.5) is 13.2 Å². The number of hydrogen-bond donors (Lipinski definition) is 1. The number of hydrogen-bond acceptors (Lipinski definition) is 3. The second-order valence-corrected chi connectivity index (χ2v) is 6.87. The molecule has 0 saturated carbocycles. The Morgan fingerprint density at radius 2 is 1.83 bits per heavy atom. The zero-order valence-corrected chi connectivity index (χ0v) is 16.1. The highest BCUT2D eigenvalue weighted by Gasteiger charge is 2.30. The van der Waals surface area contributed by atoms with Gasteiger partial charge in [0.25, 0.3) is 0 Å². The molecule has 0 aliphatic carbocycles. The molecule has 4 aromatic rings. The molecule has 0 fully saturated rings. The summed E-state index contributed by atoms with van der Waals surface area (Å²) in [6, 6.07) is 16.4. The van der Waals surface area contributed by atoms with Crippen LogP contribution in [-0.2, 0) is 19.3 Å². The fourth-order valence-corrected chi connectivity index (χ4v) is 3.70. The molecule has 7 heteroatoms. The Bertz CT molecular complexity index is 1180. The Balaban J connectivity index is 1.87. The number of methoxy groups -OCH3 is 1. The predicted molar refractivity (Wildman–Crippen MR) is 108 cm³/mol. The van der Waals surface area contributed by atoms with Crippen molar-refractivity contribution in [2.45, 2.75) is 19.3 Å². The lowest BCUT2D eigenvalue weighted by molar-refractivity contribution is -0.137. The number of para-hydroxylation sites is 1. The zero-order valence-electron chi connectivity index (χ0n) is 16.1. The van der Waals surface area contributed by atoms with E-state index in [9.17, 15) is 18.3 Å². The van der Waals surface area contributed by atoms with Gasteiger partial charge in [0, 0.05) is 40.8 Å². The summed E-state index contributed by atoms with van der Waals surface area (Å²) in [5.41, 5.74) is 2.83. The number of rotatable bonds is 5. The van der Waals surface area contributed by atoms with Crippen LogP contribution < -0.4 is 4.74 Å². The number of fused-ring (bicyclic) bond motifs is 1. The van der Waals surface area contributed by atoms with Gasteiger partial charge in [-0.1, -0.05) is 30.3 Å². The van der Waals surface area contributed by atoms with Gasteiger partial charge in [0.2, 0.25) is 5.88 Å². The van der Waals surface area contributed by atoms with Crippen molar-refractivity contribution >= 4 is 10.9 Å². The quantitative estimate of drug-likeness (QED) is 0.486. The van der Waals surface area contributed by atoms with Crippen LogP contribution in [0.15, 0.2) is 66.9 Å². The molecule has 4 nitrogen and oxygen atoms in total. The number of nitrogens with zero attached hydrogens (tertiary/aromatic N) is 2. The molecule has 2 aromatic heterocycles. The van der Waals surface area contributed by atoms with Crippen LogP contribution in [0.3, 0.4) is 0 Å². The van der Waals surface area contributed by atoms with E-state index in [4.69, 9.17) is 4.74 Å². The van der Waals surface area contributed by atoms with Crippen molar-refractivity contribution in [1.29, 1.82) is 0 Å². The lowest BCUT2D eigenvalue weighted by atomic mass is 10.0. The zero-order chi connectivity index (χ0) is 21.3. The van der Waals surface area contributed by atoms with Gasteiger partial charge in [-0.2, -0.15) is 13.2 Å². The van der Waals surface area contributed by atoms with E-state index in [1.165, 1.54) is 13.2 Å². The van der Waals surface area contributed by atoms with Crippen LogP contribution in [0, 0.1) is 0 Å². The number of halogens is 3. The van der Waals surface area contributed by atoms with E-state index in [0.29, 0.717) is 17.1 Å². The first kappa shape index (κ1) is 20.0. The van der Waals surface area contributed by atoms with Crippen LogP contribution in [0.25, 0.3) is 22.0 Å². The highest BCUT2D eigenvalue weighted by molar-refractivity contribution is 5.98. The van der Waals surface area contributed by atoms with E-state index in [1.807, 2.05) is 34.9 Å². The molecule has 154 valence electrons. The summed E-state index contributed by atoms with van der Waals surface area (Å²) in [6.45, 7) is -0.0705. The molecule has 2 heterocycles. The molecule has 30 heavy (non-hydrogen) atoms. The molecule has 0 aliphatic rings. The molecule has 0 amide bonds. The highest BCUT2D eigenvalue weighted by atomic mass is 19.4. The number of ether oxygens (including phenoxy) is 1. The molecule has 0 aliphatic heterocycles. The minimum absolute atomic E-state index is 0.198. The Labute approximate surface area is 171 Å². The SMILES string of the molecule is COc1ccc(-c2c(CO)n(Cc3cccc(C(F)(F)F)c3)c3ccccc23)cn1. The van der Waals surface area contributed by atoms with Gasteiger partial charge in [0.05, 0.1) is 25.0 Å². The smallest absolute Gasteiger partial charge is 0.416 e. The molecular weight excluding hydrogens is 393 g/mol. The van der Waals surface area contributed by atoms with E-state index in [2.05, 4.69) is 4.98 Å². The summed E-state index contributed by atoms with van der Waals surface area (Å²) < 4.78 is 46.4. The molecule has 0 unspecified atom stereocenters. The summed E-state index contributed by atoms with van der Waals surface area (Å²) in [6.07, 6.45) is -2.75. The van der Waals surface area contributed by atoms with Crippen LogP contribution in [-0.4, -0.2) is 21.8 Å². The highest BCUT2D eigenvalue weighted by Crippen LogP contribution is 2.36. The molecular formula is C23H19F3N2O2. The average molecular weight is 412 g/mol. The fraction of sp³-hybridized carbons (Fsp3) is 0.174. The van der Waals surface area contributed by atoms with E-state index < -0.39 is 11.7 Å². The monoisotopic (exact) mass is 412 g/mol. The molecule has 0 radical (unpaired) electrons. The first-order valence-electron chi connectivity index (χ1n) is 9.30. The average Bonchev–Trinajstić information content (AvgIpc) is 3.07. The third kappa shape index (κ3) is 3.64. The van der Waals surface area contributed by atoms with Gasteiger partial charge in [-0.25, -0.2) is 4.98 Å². The van der Waals surface area contributed by atoms with Crippen molar-refractivity contribution in [2.24, 2.45) is 0 Å². The largest absolute Gasteiger partial charge is 0.481 e. The van der Waals surface area contributed by atoms with Crippen molar-refractivity contribution in [1.82, 2.24) is 9.55 Å². The summed E-state index contributed by atoms with van der Waals surface area (Å²) in [5, 5.41) is 11.1. The first-order valence-corrected chi connectivity index (χ1v) is 9.30. The summed E-state index contributed by atoms with van der Waals surface area (Å²) in [7, 11) is 1.53. The standard InChI is InChI=1S/C23H19F3N2O2/c1-30-21-10-9-16(12-27-21)22-18-7-2-3-8-19(18)28(20(22)14-29)13-15-5-4-6-17(11-15)23(24,25)26/h2-12,29H,13-14H2,1H3. The number of alkyl halides is 3. The van der Waals surface area contributed by atoms with Gasteiger partial charge < -0.3 is 14.4 Å². The molecule has 0 saturated heterocycles. The van der Waals surface area contributed by atoms with Crippen LogP contribution in [0.2, 0.25) is 0 Å². The minimum atomic E-state index is -4.41. The third-order valence-electron chi connectivity index (χ3n) is 5.06. The lowest BCUT2D eigenvalue weighted by Crippen LogP contribution is -2.08. The maximum Gasteiger partial charge on any atom is 0.416 e. The van der Waals surface area contributed by atoms with Gasteiger partial charge in [0.15, 0.2) is 0 Å². The van der Waals surface area contributed by atoms with Gasteiger partial charge in [-0.05, 0) is 29.8 Å². The summed E-state index contributed by atoms with van der Waals surface area (Å²) in [5.74, 6) is 0.469. The van der Waals surface area contributed by atoms with Gasteiger partial charge in [-0.15, -0.1) is 0 Å². The van der Waals surface area contributed by atoms with Crippen LogP contribution in [0.1, 0.15) is 16.8 Å². The van der Waals surface area contributed by atoms with E-state index in [1.54, 1.807) is 18.3 Å². The number of aliphatic hydroxyl groups is 1. The Hall–Kier alpha value is -3.32. The van der Waals surface area contributed by atoms with Crippen LogP contribution >= 0.6 is 0 Å². The summed E-state index contributed by atoms with van der Waals surface area (Å²) >= 11 is 0. The van der Waals surface area contributed by atoms with Gasteiger partial charge >= 0.3 is 6.18 Å². The van der Waals surface area contributed by atoms with Crippen molar-refractivity contribution in [3.63, 3.8) is 0 Å². The van der Waals surface area contributed by atoms with Gasteiger partial charge in [0.1, 0.15) is 0 Å². The normalized spacial score (nSPS) is 11.8. The fourth-order valence-electron chi connectivity index (χ4n) is 3.70. The Kier molecular flexibility index (Phi) is 5.22. The second kappa shape index (κ2) is 7.84. The van der Waals surface area contributed by atoms with Crippen LogP contribution in [0.5, 0.6) is 5.88 Å². The maximum atomic E-state index is 13.1. The molecule has 1 N–H and O–H groups in total. The summed E-state index contributed by atoms with van der Waals surface area (Å²) in [4.78, 5) is 4.25. The van der Waals surface area contributed by atoms with Crippen molar-refractivity contribution in [3.8, 4) is 17.0 Å². The van der Waals surface area contributed by atoms with Crippen molar-refractivity contribution in [2.75, 3.05) is 7.11 Å². The third-order valence-corrected chi connectivity index (χ3v) is 5.06. The molecule has 4 rings (SSSR count). The maximum absolute atomic E-state index is 13.1. The van der Waals surface area contributed by atoms with Gasteiger partial charge in [-0.3, -0.25) is 0 Å². The van der Waals surface area contributed by atoms with Crippen molar-refractivity contribution in [3.05, 3.63) is 83.7 Å². The number of aliphatic hydroxyl groups excluding tert-OH is 1. The number of pyridine rings is 1. The molecule has 0 spiro atoms. The number of benzene rings is 2. The Morgan fingerprint density at radius 1 is 1.03 bits per heavy atom. The minimum Gasteiger partial charge on any atom is -0.481 e. The van der Waals surface area contributed by atoms with E-state index >= 15 is 0 Å².